The zero-order valence-electron chi connectivity index (χ0n) is 16.4. The molecule has 146 valence electrons. The van der Waals surface area contributed by atoms with Gasteiger partial charge in [0.05, 0.1) is 17.0 Å². The van der Waals surface area contributed by atoms with Crippen molar-refractivity contribution in [2.45, 2.75) is 6.54 Å². The number of hydrogen-bond acceptors (Lipinski definition) is 3. The lowest BCUT2D eigenvalue weighted by molar-refractivity contribution is -0.110. The highest BCUT2D eigenvalue weighted by atomic mass is 79.9. The Morgan fingerprint density at radius 3 is 2.41 bits per heavy atom. The van der Waals surface area contributed by atoms with E-state index >= 15 is 0 Å². The Kier molecular flexibility index (Phi) is 5.51. The second-order valence-electron chi connectivity index (χ2n) is 7.32. The maximum Gasteiger partial charge on any atom is 0.258 e. The van der Waals surface area contributed by atoms with Crippen molar-refractivity contribution >= 4 is 44.5 Å². The molecule has 29 heavy (non-hydrogen) atoms. The Morgan fingerprint density at radius 2 is 1.72 bits per heavy atom. The van der Waals surface area contributed by atoms with Crippen LogP contribution in [0.4, 0.5) is 11.4 Å². The smallest absolute Gasteiger partial charge is 0.258 e. The Balaban J connectivity index is 1.78. The van der Waals surface area contributed by atoms with Gasteiger partial charge in [0.2, 0.25) is 0 Å². The van der Waals surface area contributed by atoms with E-state index in [2.05, 4.69) is 69.8 Å². The van der Waals surface area contributed by atoms with Crippen molar-refractivity contribution in [1.82, 2.24) is 4.90 Å². The van der Waals surface area contributed by atoms with Crippen molar-refractivity contribution in [3.8, 4) is 0 Å². The molecule has 2 N–H and O–H groups in total. The molecule has 0 saturated heterocycles. The SMILES string of the molecule is CN(C)Cc1ccc(NC(=C2C(=O)Nc3cc(Br)ccc32)c2ccccc2)cc1. The van der Waals surface area contributed by atoms with Gasteiger partial charge in [0.15, 0.2) is 0 Å². The number of halogens is 1. The number of nitrogens with zero attached hydrogens (tertiary/aromatic N) is 1. The predicted octanol–water partition coefficient (Wildman–Crippen LogP) is 5.44. The van der Waals surface area contributed by atoms with Crippen LogP contribution in [0, 0.1) is 0 Å². The van der Waals surface area contributed by atoms with Crippen LogP contribution in [0.25, 0.3) is 11.3 Å². The first-order valence-electron chi connectivity index (χ1n) is 9.43. The summed E-state index contributed by atoms with van der Waals surface area (Å²) in [6.07, 6.45) is 0. The van der Waals surface area contributed by atoms with E-state index in [-0.39, 0.29) is 5.91 Å². The van der Waals surface area contributed by atoms with Crippen LogP contribution in [-0.2, 0) is 11.3 Å². The first kappa shape index (κ1) is 19.4. The number of rotatable bonds is 5. The number of benzene rings is 3. The van der Waals surface area contributed by atoms with Crippen LogP contribution < -0.4 is 10.6 Å². The van der Waals surface area contributed by atoms with Crippen LogP contribution >= 0.6 is 15.9 Å². The Labute approximate surface area is 179 Å². The van der Waals surface area contributed by atoms with Crippen molar-refractivity contribution in [2.24, 2.45) is 0 Å². The second kappa shape index (κ2) is 8.23. The highest BCUT2D eigenvalue weighted by Crippen LogP contribution is 2.38. The van der Waals surface area contributed by atoms with Gasteiger partial charge in [-0.15, -0.1) is 0 Å². The summed E-state index contributed by atoms with van der Waals surface area (Å²) in [5.41, 5.74) is 6.30. The molecule has 1 heterocycles. The van der Waals surface area contributed by atoms with E-state index in [4.69, 9.17) is 0 Å². The molecule has 4 rings (SSSR count). The summed E-state index contributed by atoms with van der Waals surface area (Å²) >= 11 is 3.48. The summed E-state index contributed by atoms with van der Waals surface area (Å²) in [7, 11) is 4.11. The monoisotopic (exact) mass is 447 g/mol. The van der Waals surface area contributed by atoms with E-state index < -0.39 is 0 Å². The number of carbonyl (C=O) groups is 1. The molecule has 0 unspecified atom stereocenters. The molecule has 0 aromatic heterocycles. The fourth-order valence-corrected chi connectivity index (χ4v) is 3.84. The number of fused-ring (bicyclic) bond motifs is 1. The average molecular weight is 448 g/mol. The molecule has 3 aromatic carbocycles. The van der Waals surface area contributed by atoms with Crippen molar-refractivity contribution in [3.63, 3.8) is 0 Å². The number of carbonyl (C=O) groups excluding carboxylic acids is 1. The fourth-order valence-electron chi connectivity index (χ4n) is 3.48. The normalized spacial score (nSPS) is 14.6. The van der Waals surface area contributed by atoms with Crippen molar-refractivity contribution < 1.29 is 4.79 Å². The van der Waals surface area contributed by atoms with Gasteiger partial charge in [-0.3, -0.25) is 4.79 Å². The van der Waals surface area contributed by atoms with E-state index in [0.29, 0.717) is 5.57 Å². The summed E-state index contributed by atoms with van der Waals surface area (Å²) in [5, 5.41) is 6.48. The number of amides is 1. The van der Waals surface area contributed by atoms with E-state index in [0.717, 1.165) is 39.2 Å². The van der Waals surface area contributed by atoms with Crippen molar-refractivity contribution in [1.29, 1.82) is 0 Å². The maximum atomic E-state index is 12.9. The van der Waals surface area contributed by atoms with Gasteiger partial charge in [-0.25, -0.2) is 0 Å². The predicted molar refractivity (Wildman–Crippen MR) is 123 cm³/mol. The van der Waals surface area contributed by atoms with Crippen LogP contribution in [0.5, 0.6) is 0 Å². The third-order valence-corrected chi connectivity index (χ3v) is 5.25. The molecule has 0 aliphatic carbocycles. The van der Waals surface area contributed by atoms with Crippen LogP contribution in [0.3, 0.4) is 0 Å². The van der Waals surface area contributed by atoms with E-state index in [1.807, 2.05) is 48.5 Å². The summed E-state index contributed by atoms with van der Waals surface area (Å²) in [5.74, 6) is -0.103. The lowest BCUT2D eigenvalue weighted by atomic mass is 10.00. The van der Waals surface area contributed by atoms with E-state index in [9.17, 15) is 4.79 Å². The van der Waals surface area contributed by atoms with Gasteiger partial charge in [0.1, 0.15) is 0 Å². The zero-order valence-corrected chi connectivity index (χ0v) is 18.0. The van der Waals surface area contributed by atoms with Gasteiger partial charge in [0, 0.05) is 22.3 Å². The Hall–Kier alpha value is -2.89. The van der Waals surface area contributed by atoms with Crippen molar-refractivity contribution in [3.05, 3.63) is 94.0 Å². The molecule has 0 saturated carbocycles. The average Bonchev–Trinajstić information content (AvgIpc) is 3.02. The molecule has 5 heteroatoms. The van der Waals surface area contributed by atoms with Crippen LogP contribution in [0.2, 0.25) is 0 Å². The summed E-state index contributed by atoms with van der Waals surface area (Å²) < 4.78 is 0.934. The molecule has 1 aliphatic rings. The van der Waals surface area contributed by atoms with Gasteiger partial charge >= 0.3 is 0 Å². The first-order valence-corrected chi connectivity index (χ1v) is 10.2. The molecule has 0 spiro atoms. The number of hydrogen-bond donors (Lipinski definition) is 2. The van der Waals surface area contributed by atoms with Gasteiger partial charge in [0.25, 0.3) is 5.91 Å². The largest absolute Gasteiger partial charge is 0.354 e. The van der Waals surface area contributed by atoms with Gasteiger partial charge in [-0.05, 0) is 49.5 Å². The maximum absolute atomic E-state index is 12.9. The third-order valence-electron chi connectivity index (χ3n) is 4.76. The summed E-state index contributed by atoms with van der Waals surface area (Å²) in [6.45, 7) is 0.886. The second-order valence-corrected chi connectivity index (χ2v) is 8.24. The van der Waals surface area contributed by atoms with Gasteiger partial charge < -0.3 is 15.5 Å². The molecular formula is C24H22BrN3O. The zero-order chi connectivity index (χ0) is 20.4. The quantitative estimate of drug-likeness (QED) is 0.511. The fraction of sp³-hybridized carbons (Fsp3) is 0.125. The number of nitrogens with one attached hydrogen (secondary N) is 2. The minimum atomic E-state index is -0.103. The molecule has 0 fully saturated rings. The standard InChI is InChI=1S/C24H22BrN3O/c1-28(2)15-16-8-11-19(12-9-16)26-23(17-6-4-3-5-7-17)22-20-13-10-18(25)14-21(20)27-24(22)29/h3-14,26H,15H2,1-2H3,(H,27,29). The van der Waals surface area contributed by atoms with Crippen LogP contribution in [0.1, 0.15) is 16.7 Å². The highest BCUT2D eigenvalue weighted by Gasteiger charge is 2.28. The Morgan fingerprint density at radius 1 is 1.00 bits per heavy atom. The Bertz CT molecular complexity index is 1070. The molecule has 4 nitrogen and oxygen atoms in total. The third kappa shape index (κ3) is 4.26. The number of anilines is 2. The molecule has 3 aromatic rings. The van der Waals surface area contributed by atoms with Gasteiger partial charge in [-0.1, -0.05) is 64.5 Å². The van der Waals surface area contributed by atoms with Gasteiger partial charge in [-0.2, -0.15) is 0 Å². The van der Waals surface area contributed by atoms with Crippen LogP contribution in [0.15, 0.2) is 77.3 Å². The minimum Gasteiger partial charge on any atom is -0.354 e. The summed E-state index contributed by atoms with van der Waals surface area (Å²) in [6, 6.07) is 24.1. The minimum absolute atomic E-state index is 0.103. The lowest BCUT2D eigenvalue weighted by Crippen LogP contribution is -2.11. The van der Waals surface area contributed by atoms with Crippen molar-refractivity contribution in [2.75, 3.05) is 24.7 Å². The summed E-state index contributed by atoms with van der Waals surface area (Å²) in [4.78, 5) is 15.0. The molecule has 0 atom stereocenters. The first-order chi connectivity index (χ1) is 14.0. The molecule has 1 amide bonds. The van der Waals surface area contributed by atoms with E-state index in [1.165, 1.54) is 5.56 Å². The molecule has 0 radical (unpaired) electrons. The van der Waals surface area contributed by atoms with E-state index in [1.54, 1.807) is 0 Å². The molecular weight excluding hydrogens is 426 g/mol. The topological polar surface area (TPSA) is 44.4 Å². The highest BCUT2D eigenvalue weighted by molar-refractivity contribution is 9.10. The lowest BCUT2D eigenvalue weighted by Gasteiger charge is -2.16. The van der Waals surface area contributed by atoms with Crippen LogP contribution in [-0.4, -0.2) is 24.9 Å². The molecule has 0 bridgehead atoms. The molecule has 1 aliphatic heterocycles.